The summed E-state index contributed by atoms with van der Waals surface area (Å²) < 4.78 is 1.69. The van der Waals surface area contributed by atoms with Gasteiger partial charge in [0.2, 0.25) is 0 Å². The Morgan fingerprint density at radius 2 is 2.04 bits per heavy atom. The summed E-state index contributed by atoms with van der Waals surface area (Å²) in [4.78, 5) is 18.5. The Morgan fingerprint density at radius 1 is 1.25 bits per heavy atom. The fourth-order valence-corrected chi connectivity index (χ4v) is 2.62. The van der Waals surface area contributed by atoms with Gasteiger partial charge in [0.15, 0.2) is 5.82 Å². The average Bonchev–Trinajstić information content (AvgIpc) is 3.07. The number of carbonyl (C=O) groups is 1. The summed E-state index contributed by atoms with van der Waals surface area (Å²) in [5, 5.41) is 10.0. The van der Waals surface area contributed by atoms with E-state index in [1.54, 1.807) is 17.1 Å². The van der Waals surface area contributed by atoms with E-state index < -0.39 is 0 Å². The number of likely N-dealkylation sites (N-methyl/N-ethyl adjacent to an activating group) is 1. The number of nitrogens with one attached hydrogen (secondary N) is 2. The van der Waals surface area contributed by atoms with E-state index in [0.29, 0.717) is 25.0 Å². The standard InChI is InChI=1S/C17H26N6O/c1-13(2)15(22(3)4)12-20-17(24)19-11-14-7-5-8-18-16(14)23-10-6-9-21-23/h5-10,13,15H,11-12H2,1-4H3,(H2,19,20,24). The Kier molecular flexibility index (Phi) is 6.31. The van der Waals surface area contributed by atoms with Crippen LogP contribution in [0.4, 0.5) is 4.79 Å². The lowest BCUT2D eigenvalue weighted by atomic mass is 10.0. The largest absolute Gasteiger partial charge is 0.337 e. The molecule has 0 saturated heterocycles. The topological polar surface area (TPSA) is 75.1 Å². The molecular formula is C17H26N6O. The third kappa shape index (κ3) is 4.79. The van der Waals surface area contributed by atoms with Crippen molar-refractivity contribution in [1.82, 2.24) is 30.3 Å². The molecule has 24 heavy (non-hydrogen) atoms. The third-order valence-electron chi connectivity index (χ3n) is 3.93. The number of urea groups is 1. The predicted octanol–water partition coefficient (Wildman–Crippen LogP) is 1.65. The molecule has 0 spiro atoms. The zero-order valence-corrected chi connectivity index (χ0v) is 14.7. The number of rotatable bonds is 7. The molecule has 2 aromatic rings. The minimum absolute atomic E-state index is 0.183. The zero-order chi connectivity index (χ0) is 17.5. The average molecular weight is 330 g/mol. The van der Waals surface area contributed by atoms with Crippen LogP contribution < -0.4 is 10.6 Å². The maximum Gasteiger partial charge on any atom is 0.315 e. The molecule has 2 aromatic heterocycles. The summed E-state index contributed by atoms with van der Waals surface area (Å²) in [6.45, 7) is 5.30. The molecule has 1 unspecified atom stereocenters. The monoisotopic (exact) mass is 330 g/mol. The van der Waals surface area contributed by atoms with E-state index in [1.807, 2.05) is 38.5 Å². The molecule has 0 aliphatic carbocycles. The van der Waals surface area contributed by atoms with Crippen LogP contribution >= 0.6 is 0 Å². The van der Waals surface area contributed by atoms with Crippen LogP contribution in [0, 0.1) is 5.92 Å². The molecule has 7 nitrogen and oxygen atoms in total. The highest BCUT2D eigenvalue weighted by molar-refractivity contribution is 5.73. The Balaban J connectivity index is 1.91. The number of carbonyl (C=O) groups excluding carboxylic acids is 1. The Morgan fingerprint density at radius 3 is 2.67 bits per heavy atom. The fraction of sp³-hybridized carbons (Fsp3) is 0.471. The summed E-state index contributed by atoms with van der Waals surface area (Å²) in [6, 6.07) is 5.74. The first kappa shape index (κ1) is 17.9. The molecule has 2 N–H and O–H groups in total. The molecule has 0 radical (unpaired) electrons. The molecule has 0 aliphatic rings. The molecule has 0 saturated carbocycles. The Hall–Kier alpha value is -2.41. The second-order valence-corrected chi connectivity index (χ2v) is 6.28. The highest BCUT2D eigenvalue weighted by Crippen LogP contribution is 2.10. The van der Waals surface area contributed by atoms with Crippen molar-refractivity contribution in [2.24, 2.45) is 5.92 Å². The molecule has 0 bridgehead atoms. The minimum atomic E-state index is -0.183. The van der Waals surface area contributed by atoms with Crippen molar-refractivity contribution in [2.45, 2.75) is 26.4 Å². The number of amides is 2. The van der Waals surface area contributed by atoms with Crippen molar-refractivity contribution in [1.29, 1.82) is 0 Å². The predicted molar refractivity (Wildman–Crippen MR) is 93.9 cm³/mol. The highest BCUT2D eigenvalue weighted by Gasteiger charge is 2.16. The van der Waals surface area contributed by atoms with Crippen molar-refractivity contribution in [3.05, 3.63) is 42.4 Å². The van der Waals surface area contributed by atoms with E-state index in [2.05, 4.69) is 39.5 Å². The summed E-state index contributed by atoms with van der Waals surface area (Å²) in [5.41, 5.74) is 0.907. The van der Waals surface area contributed by atoms with Crippen LogP contribution in [0.1, 0.15) is 19.4 Å². The first-order valence-electron chi connectivity index (χ1n) is 8.11. The summed E-state index contributed by atoms with van der Waals surface area (Å²) in [7, 11) is 4.05. The number of nitrogens with zero attached hydrogens (tertiary/aromatic N) is 4. The molecule has 130 valence electrons. The van der Waals surface area contributed by atoms with E-state index in [9.17, 15) is 4.79 Å². The molecule has 2 heterocycles. The van der Waals surface area contributed by atoms with Crippen LogP contribution in [0.15, 0.2) is 36.8 Å². The van der Waals surface area contributed by atoms with Gasteiger partial charge in [0.05, 0.1) is 0 Å². The van der Waals surface area contributed by atoms with Crippen LogP contribution in [0.3, 0.4) is 0 Å². The third-order valence-corrected chi connectivity index (χ3v) is 3.93. The van der Waals surface area contributed by atoms with Crippen molar-refractivity contribution in [2.75, 3.05) is 20.6 Å². The second-order valence-electron chi connectivity index (χ2n) is 6.28. The van der Waals surface area contributed by atoms with Gasteiger partial charge in [-0.2, -0.15) is 5.10 Å². The van der Waals surface area contributed by atoms with E-state index in [0.717, 1.165) is 11.4 Å². The van der Waals surface area contributed by atoms with Gasteiger partial charge >= 0.3 is 6.03 Å². The first-order valence-corrected chi connectivity index (χ1v) is 8.11. The SMILES string of the molecule is CC(C)C(CNC(=O)NCc1cccnc1-n1cccn1)N(C)C. The molecular weight excluding hydrogens is 304 g/mol. The van der Waals surface area contributed by atoms with Gasteiger partial charge in [0.25, 0.3) is 0 Å². The van der Waals surface area contributed by atoms with Crippen LogP contribution in [0.2, 0.25) is 0 Å². The van der Waals surface area contributed by atoms with Gasteiger partial charge in [-0.1, -0.05) is 19.9 Å². The van der Waals surface area contributed by atoms with Crippen LogP contribution in [-0.4, -0.2) is 52.4 Å². The fourth-order valence-electron chi connectivity index (χ4n) is 2.62. The molecule has 0 aromatic carbocycles. The molecule has 1 atom stereocenters. The highest BCUT2D eigenvalue weighted by atomic mass is 16.2. The molecule has 0 fully saturated rings. The van der Waals surface area contributed by atoms with E-state index in [4.69, 9.17) is 0 Å². The number of hydrogen-bond donors (Lipinski definition) is 2. The van der Waals surface area contributed by atoms with Crippen molar-refractivity contribution in [3.63, 3.8) is 0 Å². The van der Waals surface area contributed by atoms with Gasteiger partial charge in [-0.25, -0.2) is 14.5 Å². The van der Waals surface area contributed by atoms with Gasteiger partial charge in [0, 0.05) is 43.3 Å². The zero-order valence-electron chi connectivity index (χ0n) is 14.7. The van der Waals surface area contributed by atoms with Gasteiger partial charge in [-0.3, -0.25) is 0 Å². The number of hydrogen-bond acceptors (Lipinski definition) is 4. The Bertz CT molecular complexity index is 630. The summed E-state index contributed by atoms with van der Waals surface area (Å²) >= 11 is 0. The Labute approximate surface area is 143 Å². The maximum atomic E-state index is 12.1. The minimum Gasteiger partial charge on any atom is -0.337 e. The van der Waals surface area contributed by atoms with Crippen molar-refractivity contribution < 1.29 is 4.79 Å². The van der Waals surface area contributed by atoms with E-state index in [-0.39, 0.29) is 6.03 Å². The van der Waals surface area contributed by atoms with Gasteiger partial charge in [-0.15, -0.1) is 0 Å². The van der Waals surface area contributed by atoms with Crippen LogP contribution in [-0.2, 0) is 6.54 Å². The maximum absolute atomic E-state index is 12.1. The lowest BCUT2D eigenvalue weighted by Crippen LogP contribution is -2.46. The van der Waals surface area contributed by atoms with Gasteiger partial charge < -0.3 is 15.5 Å². The van der Waals surface area contributed by atoms with Crippen molar-refractivity contribution in [3.8, 4) is 5.82 Å². The van der Waals surface area contributed by atoms with E-state index in [1.165, 1.54) is 0 Å². The first-order chi connectivity index (χ1) is 11.5. The smallest absolute Gasteiger partial charge is 0.315 e. The second kappa shape index (κ2) is 8.44. The molecule has 2 rings (SSSR count). The molecule has 2 amide bonds. The molecule has 0 aliphatic heterocycles. The summed E-state index contributed by atoms with van der Waals surface area (Å²) in [6.07, 6.45) is 5.24. The van der Waals surface area contributed by atoms with Crippen LogP contribution in [0.25, 0.3) is 5.82 Å². The molecule has 7 heteroatoms. The normalized spacial score (nSPS) is 12.4. The number of aromatic nitrogens is 3. The van der Waals surface area contributed by atoms with Crippen molar-refractivity contribution >= 4 is 6.03 Å². The lowest BCUT2D eigenvalue weighted by molar-refractivity contribution is 0.212. The summed E-state index contributed by atoms with van der Waals surface area (Å²) in [5.74, 6) is 1.18. The number of pyridine rings is 1. The van der Waals surface area contributed by atoms with Gasteiger partial charge in [-0.05, 0) is 32.1 Å². The quantitative estimate of drug-likeness (QED) is 0.809. The lowest BCUT2D eigenvalue weighted by Gasteiger charge is -2.28. The van der Waals surface area contributed by atoms with E-state index >= 15 is 0 Å². The van der Waals surface area contributed by atoms with Crippen LogP contribution in [0.5, 0.6) is 0 Å². The van der Waals surface area contributed by atoms with Gasteiger partial charge in [0.1, 0.15) is 0 Å².